The first-order valence-corrected chi connectivity index (χ1v) is 11.3. The molecule has 9 heteroatoms. The number of fused-ring (bicyclic) bond motifs is 1. The van der Waals surface area contributed by atoms with E-state index in [2.05, 4.69) is 38.8 Å². The molecule has 0 aliphatic carbocycles. The third-order valence-electron chi connectivity index (χ3n) is 5.73. The Balaban J connectivity index is 1.51. The molecule has 0 saturated carbocycles. The number of rotatable bonds is 3. The van der Waals surface area contributed by atoms with Crippen LogP contribution in [0.25, 0.3) is 0 Å². The first kappa shape index (κ1) is 17.9. The van der Waals surface area contributed by atoms with Gasteiger partial charge in [0.2, 0.25) is 5.95 Å². The maximum atomic E-state index is 12.1. The van der Waals surface area contributed by atoms with Gasteiger partial charge in [0, 0.05) is 57.5 Å². The highest BCUT2D eigenvalue weighted by atomic mass is 32.2. The van der Waals surface area contributed by atoms with Gasteiger partial charge in [0.25, 0.3) is 0 Å². The van der Waals surface area contributed by atoms with Crippen molar-refractivity contribution in [1.29, 1.82) is 0 Å². The minimum absolute atomic E-state index is 0.00162. The number of nitrogens with zero attached hydrogens (tertiary/aromatic N) is 5. The zero-order valence-electron chi connectivity index (χ0n) is 15.5. The number of hydrogen-bond donors (Lipinski definition) is 1. The summed E-state index contributed by atoms with van der Waals surface area (Å²) in [4.78, 5) is 16.1. The Hall–Kier alpha value is -1.45. The number of aromatic nitrogens is 2. The number of anilines is 2. The molecule has 4 rings (SSSR count). The van der Waals surface area contributed by atoms with E-state index in [4.69, 9.17) is 4.98 Å². The van der Waals surface area contributed by atoms with E-state index in [1.165, 1.54) is 0 Å². The van der Waals surface area contributed by atoms with Gasteiger partial charge in [-0.15, -0.1) is 0 Å². The summed E-state index contributed by atoms with van der Waals surface area (Å²) in [5.41, 5.74) is 0. The Morgan fingerprint density at radius 1 is 1.15 bits per heavy atom. The lowest BCUT2D eigenvalue weighted by atomic mass is 10.1. The monoisotopic (exact) mass is 380 g/mol. The van der Waals surface area contributed by atoms with Gasteiger partial charge < -0.3 is 15.1 Å². The number of sulfone groups is 1. The van der Waals surface area contributed by atoms with Crippen molar-refractivity contribution < 1.29 is 8.42 Å². The van der Waals surface area contributed by atoms with Crippen molar-refractivity contribution in [2.24, 2.45) is 0 Å². The van der Waals surface area contributed by atoms with Gasteiger partial charge in [-0.1, -0.05) is 0 Å². The molecule has 0 spiro atoms. The normalized spacial score (nSPS) is 29.2. The molecule has 2 atom stereocenters. The Morgan fingerprint density at radius 2 is 1.92 bits per heavy atom. The van der Waals surface area contributed by atoms with Crippen molar-refractivity contribution in [3.05, 3.63) is 12.3 Å². The summed E-state index contributed by atoms with van der Waals surface area (Å²) >= 11 is 0. The molecule has 144 valence electrons. The quantitative estimate of drug-likeness (QED) is 0.757. The fraction of sp³-hybridized carbons (Fsp3) is 0.765. The Kier molecular flexibility index (Phi) is 4.79. The van der Waals surface area contributed by atoms with Crippen LogP contribution in [0.5, 0.6) is 0 Å². The van der Waals surface area contributed by atoms with Crippen LogP contribution in [-0.4, -0.2) is 92.2 Å². The first-order chi connectivity index (χ1) is 12.4. The lowest BCUT2D eigenvalue weighted by Crippen LogP contribution is -2.57. The lowest BCUT2D eigenvalue weighted by Gasteiger charge is -2.39. The predicted molar refractivity (Wildman–Crippen MR) is 103 cm³/mol. The molecule has 3 aliphatic heterocycles. The molecule has 0 aromatic carbocycles. The average Bonchev–Trinajstić information content (AvgIpc) is 2.95. The third kappa shape index (κ3) is 3.52. The van der Waals surface area contributed by atoms with E-state index in [0.717, 1.165) is 51.0 Å². The first-order valence-electron chi connectivity index (χ1n) is 9.45. The highest BCUT2D eigenvalue weighted by molar-refractivity contribution is 7.91. The maximum Gasteiger partial charge on any atom is 0.227 e. The Morgan fingerprint density at radius 3 is 2.65 bits per heavy atom. The van der Waals surface area contributed by atoms with E-state index in [1.807, 2.05) is 6.07 Å². The lowest BCUT2D eigenvalue weighted by molar-refractivity contribution is 0.208. The van der Waals surface area contributed by atoms with Crippen LogP contribution in [0.2, 0.25) is 0 Å². The Labute approximate surface area is 155 Å². The molecule has 1 aromatic heterocycles. The van der Waals surface area contributed by atoms with Gasteiger partial charge in [0.1, 0.15) is 5.82 Å². The molecule has 0 unspecified atom stereocenters. The van der Waals surface area contributed by atoms with Gasteiger partial charge in [-0.2, -0.15) is 4.98 Å². The molecule has 8 nitrogen and oxygen atoms in total. The van der Waals surface area contributed by atoms with Crippen LogP contribution in [0.1, 0.15) is 13.8 Å². The Bertz CT molecular complexity index is 747. The fourth-order valence-electron chi connectivity index (χ4n) is 4.24. The summed E-state index contributed by atoms with van der Waals surface area (Å²) < 4.78 is 24.1. The van der Waals surface area contributed by atoms with Gasteiger partial charge >= 0.3 is 0 Å². The SMILES string of the molecule is CC(C)N1CCN(c2nccc(N3CCN[C@@H]4CS(=O)(=O)C[C@@H]43)n2)CC1. The summed E-state index contributed by atoms with van der Waals surface area (Å²) in [6, 6.07) is 2.43. The number of piperazine rings is 2. The summed E-state index contributed by atoms with van der Waals surface area (Å²) in [5, 5.41) is 3.35. The molecule has 3 aliphatic rings. The average molecular weight is 381 g/mol. The second kappa shape index (κ2) is 6.94. The second-order valence-electron chi connectivity index (χ2n) is 7.73. The van der Waals surface area contributed by atoms with Crippen molar-refractivity contribution in [2.75, 3.05) is 60.6 Å². The van der Waals surface area contributed by atoms with Gasteiger partial charge in [-0.05, 0) is 19.9 Å². The van der Waals surface area contributed by atoms with E-state index < -0.39 is 9.84 Å². The number of hydrogen-bond acceptors (Lipinski definition) is 8. The van der Waals surface area contributed by atoms with E-state index in [-0.39, 0.29) is 23.6 Å². The highest BCUT2D eigenvalue weighted by Crippen LogP contribution is 2.26. The van der Waals surface area contributed by atoms with Crippen LogP contribution < -0.4 is 15.1 Å². The van der Waals surface area contributed by atoms with Crippen LogP contribution in [0, 0.1) is 0 Å². The minimum Gasteiger partial charge on any atom is -0.350 e. The number of nitrogens with one attached hydrogen (secondary N) is 1. The molecule has 0 radical (unpaired) electrons. The molecule has 1 aromatic rings. The van der Waals surface area contributed by atoms with Crippen LogP contribution in [0.4, 0.5) is 11.8 Å². The van der Waals surface area contributed by atoms with E-state index >= 15 is 0 Å². The topological polar surface area (TPSA) is 81.7 Å². The summed E-state index contributed by atoms with van der Waals surface area (Å²) in [5.74, 6) is 2.03. The predicted octanol–water partition coefficient (Wildman–Crippen LogP) is -0.418. The third-order valence-corrected chi connectivity index (χ3v) is 7.45. The molecule has 1 N–H and O–H groups in total. The van der Waals surface area contributed by atoms with Crippen LogP contribution in [0.15, 0.2) is 12.3 Å². The van der Waals surface area contributed by atoms with Crippen LogP contribution >= 0.6 is 0 Å². The van der Waals surface area contributed by atoms with Gasteiger partial charge in [0.15, 0.2) is 9.84 Å². The minimum atomic E-state index is -2.98. The van der Waals surface area contributed by atoms with Crippen LogP contribution in [-0.2, 0) is 9.84 Å². The van der Waals surface area contributed by atoms with E-state index in [9.17, 15) is 8.42 Å². The molecule has 3 fully saturated rings. The zero-order chi connectivity index (χ0) is 18.3. The summed E-state index contributed by atoms with van der Waals surface area (Å²) in [6.07, 6.45) is 1.80. The molecule has 0 bridgehead atoms. The molecular formula is C17H28N6O2S. The molecule has 26 heavy (non-hydrogen) atoms. The molecule has 0 amide bonds. The molecular weight excluding hydrogens is 352 g/mol. The molecule has 3 saturated heterocycles. The molecule has 4 heterocycles. The van der Waals surface area contributed by atoms with Gasteiger partial charge in [-0.3, -0.25) is 4.90 Å². The van der Waals surface area contributed by atoms with E-state index in [1.54, 1.807) is 6.20 Å². The van der Waals surface area contributed by atoms with Crippen molar-refractivity contribution in [2.45, 2.75) is 32.0 Å². The second-order valence-corrected chi connectivity index (χ2v) is 9.88. The standard InChI is InChI=1S/C17H28N6O2S/c1-13(2)21-7-9-22(10-8-21)17-19-4-3-16(20-17)23-6-5-18-14-11-26(24,25)12-15(14)23/h3-4,13-15,18H,5-12H2,1-2H3/t14-,15+/m1/s1. The van der Waals surface area contributed by atoms with Crippen molar-refractivity contribution >= 4 is 21.6 Å². The summed E-state index contributed by atoms with van der Waals surface area (Å²) in [7, 11) is -2.98. The zero-order valence-corrected chi connectivity index (χ0v) is 16.3. The van der Waals surface area contributed by atoms with Crippen LogP contribution in [0.3, 0.4) is 0 Å². The van der Waals surface area contributed by atoms with Crippen molar-refractivity contribution in [3.8, 4) is 0 Å². The highest BCUT2D eigenvalue weighted by Gasteiger charge is 2.43. The maximum absolute atomic E-state index is 12.1. The van der Waals surface area contributed by atoms with Crippen molar-refractivity contribution in [1.82, 2.24) is 20.2 Å². The van der Waals surface area contributed by atoms with Crippen molar-refractivity contribution in [3.63, 3.8) is 0 Å². The van der Waals surface area contributed by atoms with Gasteiger partial charge in [-0.25, -0.2) is 13.4 Å². The smallest absolute Gasteiger partial charge is 0.227 e. The largest absolute Gasteiger partial charge is 0.350 e. The van der Waals surface area contributed by atoms with E-state index in [0.29, 0.717) is 6.04 Å². The fourth-order valence-corrected chi connectivity index (χ4v) is 6.20. The van der Waals surface area contributed by atoms with Gasteiger partial charge in [0.05, 0.1) is 17.5 Å². The summed E-state index contributed by atoms with van der Waals surface area (Å²) in [6.45, 7) is 9.88.